The molecule has 20 heavy (non-hydrogen) atoms. The number of piperidine rings is 1. The molecule has 0 spiro atoms. The van der Waals surface area contributed by atoms with E-state index < -0.39 is 5.97 Å². The average Bonchev–Trinajstić information content (AvgIpc) is 2.90. The van der Waals surface area contributed by atoms with Crippen molar-refractivity contribution < 1.29 is 9.90 Å². The molecule has 1 aliphatic heterocycles. The second-order valence-corrected chi connectivity index (χ2v) is 6.39. The average molecular weight is 294 g/mol. The number of halogens is 1. The summed E-state index contributed by atoms with van der Waals surface area (Å²) in [6.07, 6.45) is 6.65. The van der Waals surface area contributed by atoms with Crippen LogP contribution in [0.15, 0.2) is 18.2 Å². The predicted octanol–water partition coefficient (Wildman–Crippen LogP) is 3.80. The van der Waals surface area contributed by atoms with E-state index in [0.717, 1.165) is 24.6 Å². The molecule has 0 aromatic heterocycles. The highest BCUT2D eigenvalue weighted by Crippen LogP contribution is 2.37. The number of carbonyl (C=O) groups is 1. The van der Waals surface area contributed by atoms with Gasteiger partial charge in [0, 0.05) is 17.6 Å². The van der Waals surface area contributed by atoms with Crippen LogP contribution in [0.3, 0.4) is 0 Å². The van der Waals surface area contributed by atoms with E-state index >= 15 is 0 Å². The fraction of sp³-hybridized carbons (Fsp3) is 0.562. The predicted molar refractivity (Wildman–Crippen MR) is 79.2 cm³/mol. The van der Waals surface area contributed by atoms with Gasteiger partial charge in [-0.1, -0.05) is 24.1 Å². The zero-order chi connectivity index (χ0) is 14.1. The van der Waals surface area contributed by atoms with Gasteiger partial charge in [-0.25, -0.2) is 4.79 Å². The summed E-state index contributed by atoms with van der Waals surface area (Å²) in [5.74, 6) is -0.0619. The fourth-order valence-electron chi connectivity index (χ4n) is 3.78. The minimum Gasteiger partial charge on any atom is -0.478 e. The Morgan fingerprint density at radius 3 is 2.85 bits per heavy atom. The molecule has 3 nitrogen and oxygen atoms in total. The molecule has 1 N–H and O–H groups in total. The molecule has 1 aromatic rings. The maximum absolute atomic E-state index is 10.9. The maximum Gasteiger partial charge on any atom is 0.335 e. The minimum atomic E-state index is -0.924. The highest BCUT2D eigenvalue weighted by Gasteiger charge is 2.34. The molecular weight excluding hydrogens is 274 g/mol. The van der Waals surface area contributed by atoms with Gasteiger partial charge in [-0.05, 0) is 55.8 Å². The van der Waals surface area contributed by atoms with Crippen LogP contribution < -0.4 is 0 Å². The summed E-state index contributed by atoms with van der Waals surface area (Å²) < 4.78 is 0. The second kappa shape index (κ2) is 5.74. The summed E-state index contributed by atoms with van der Waals surface area (Å²) in [5.41, 5.74) is 1.31. The van der Waals surface area contributed by atoms with Gasteiger partial charge >= 0.3 is 5.97 Å². The molecule has 4 heteroatoms. The molecule has 1 saturated heterocycles. The fourth-order valence-corrected chi connectivity index (χ4v) is 4.02. The SMILES string of the molecule is O=C(O)c1ccc(CN2CCCC3CCCC32)c(Cl)c1. The van der Waals surface area contributed by atoms with E-state index in [-0.39, 0.29) is 5.56 Å². The summed E-state index contributed by atoms with van der Waals surface area (Å²) in [6, 6.07) is 5.79. The number of nitrogens with zero attached hydrogens (tertiary/aromatic N) is 1. The van der Waals surface area contributed by atoms with Gasteiger partial charge in [0.1, 0.15) is 0 Å². The van der Waals surface area contributed by atoms with Crippen molar-refractivity contribution in [2.75, 3.05) is 6.54 Å². The highest BCUT2D eigenvalue weighted by molar-refractivity contribution is 6.31. The van der Waals surface area contributed by atoms with E-state index in [1.165, 1.54) is 32.1 Å². The van der Waals surface area contributed by atoms with Crippen molar-refractivity contribution in [3.05, 3.63) is 34.3 Å². The smallest absolute Gasteiger partial charge is 0.335 e. The summed E-state index contributed by atoms with van der Waals surface area (Å²) in [4.78, 5) is 13.5. The first-order valence-electron chi connectivity index (χ1n) is 7.41. The first-order valence-corrected chi connectivity index (χ1v) is 7.78. The second-order valence-electron chi connectivity index (χ2n) is 5.98. The van der Waals surface area contributed by atoms with E-state index in [2.05, 4.69) is 4.90 Å². The van der Waals surface area contributed by atoms with E-state index in [9.17, 15) is 4.79 Å². The zero-order valence-corrected chi connectivity index (χ0v) is 12.3. The van der Waals surface area contributed by atoms with Crippen LogP contribution >= 0.6 is 11.6 Å². The van der Waals surface area contributed by atoms with E-state index in [1.807, 2.05) is 6.07 Å². The summed E-state index contributed by atoms with van der Waals surface area (Å²) in [6.45, 7) is 1.98. The third-order valence-electron chi connectivity index (χ3n) is 4.78. The van der Waals surface area contributed by atoms with Crippen molar-refractivity contribution in [2.45, 2.75) is 44.7 Å². The number of likely N-dealkylation sites (tertiary alicyclic amines) is 1. The quantitative estimate of drug-likeness (QED) is 0.921. The molecule has 3 rings (SSSR count). The number of fused-ring (bicyclic) bond motifs is 1. The molecule has 108 valence electrons. The lowest BCUT2D eigenvalue weighted by atomic mass is 9.91. The number of hydrogen-bond donors (Lipinski definition) is 1. The molecule has 2 fully saturated rings. The molecular formula is C16H20ClNO2. The van der Waals surface area contributed by atoms with Gasteiger partial charge in [0.05, 0.1) is 5.56 Å². The molecule has 1 aromatic carbocycles. The Hall–Kier alpha value is -1.06. The van der Waals surface area contributed by atoms with Crippen LogP contribution in [0.4, 0.5) is 0 Å². The number of hydrogen-bond acceptors (Lipinski definition) is 2. The highest BCUT2D eigenvalue weighted by atomic mass is 35.5. The van der Waals surface area contributed by atoms with Crippen LogP contribution in [-0.2, 0) is 6.54 Å². The minimum absolute atomic E-state index is 0.260. The lowest BCUT2D eigenvalue weighted by Gasteiger charge is -2.38. The van der Waals surface area contributed by atoms with Gasteiger partial charge in [0.15, 0.2) is 0 Å². The van der Waals surface area contributed by atoms with Crippen LogP contribution in [0.25, 0.3) is 0 Å². The number of benzene rings is 1. The zero-order valence-electron chi connectivity index (χ0n) is 11.5. The van der Waals surface area contributed by atoms with Gasteiger partial charge in [-0.2, -0.15) is 0 Å². The first kappa shape index (κ1) is 13.9. The molecule has 0 radical (unpaired) electrons. The van der Waals surface area contributed by atoms with Crippen molar-refractivity contribution in [3.8, 4) is 0 Å². The summed E-state index contributed by atoms with van der Waals surface area (Å²) >= 11 is 6.25. The Kier molecular flexibility index (Phi) is 3.99. The number of carboxylic acid groups (broad SMARTS) is 1. The molecule has 2 unspecified atom stereocenters. The topological polar surface area (TPSA) is 40.5 Å². The lowest BCUT2D eigenvalue weighted by molar-refractivity contribution is 0.0697. The Labute approximate surface area is 124 Å². The van der Waals surface area contributed by atoms with E-state index in [4.69, 9.17) is 16.7 Å². The molecule has 0 bridgehead atoms. The van der Waals surface area contributed by atoms with Gasteiger partial charge in [-0.15, -0.1) is 0 Å². The van der Waals surface area contributed by atoms with Crippen molar-refractivity contribution in [2.24, 2.45) is 5.92 Å². The first-order chi connectivity index (χ1) is 9.65. The van der Waals surface area contributed by atoms with Gasteiger partial charge < -0.3 is 5.11 Å². The Balaban J connectivity index is 1.75. The van der Waals surface area contributed by atoms with Crippen molar-refractivity contribution in [1.29, 1.82) is 0 Å². The van der Waals surface area contributed by atoms with Crippen LogP contribution in [0.1, 0.15) is 48.0 Å². The third kappa shape index (κ3) is 2.70. The van der Waals surface area contributed by atoms with Crippen molar-refractivity contribution in [1.82, 2.24) is 4.90 Å². The molecule has 1 heterocycles. The largest absolute Gasteiger partial charge is 0.478 e. The van der Waals surface area contributed by atoms with Crippen LogP contribution in [0.2, 0.25) is 5.02 Å². The molecule has 2 aliphatic rings. The van der Waals surface area contributed by atoms with Crippen LogP contribution in [-0.4, -0.2) is 28.6 Å². The van der Waals surface area contributed by atoms with Gasteiger partial charge in [0.2, 0.25) is 0 Å². The van der Waals surface area contributed by atoms with E-state index in [1.54, 1.807) is 12.1 Å². The maximum atomic E-state index is 10.9. The normalized spacial score (nSPS) is 26.4. The molecule has 1 saturated carbocycles. The number of rotatable bonds is 3. The Morgan fingerprint density at radius 1 is 1.30 bits per heavy atom. The van der Waals surface area contributed by atoms with Gasteiger partial charge in [-0.3, -0.25) is 4.90 Å². The summed E-state index contributed by atoms with van der Waals surface area (Å²) in [5, 5.41) is 9.55. The lowest BCUT2D eigenvalue weighted by Crippen LogP contribution is -2.41. The molecule has 1 aliphatic carbocycles. The standard InChI is InChI=1S/C16H20ClNO2/c17-14-9-12(16(19)20)6-7-13(14)10-18-8-2-4-11-3-1-5-15(11)18/h6-7,9,11,15H,1-5,8,10H2,(H,19,20). The molecule has 0 amide bonds. The molecule has 2 atom stereocenters. The van der Waals surface area contributed by atoms with Crippen LogP contribution in [0.5, 0.6) is 0 Å². The van der Waals surface area contributed by atoms with Crippen molar-refractivity contribution in [3.63, 3.8) is 0 Å². The Bertz CT molecular complexity index is 517. The summed E-state index contributed by atoms with van der Waals surface area (Å²) in [7, 11) is 0. The number of aromatic carboxylic acids is 1. The third-order valence-corrected chi connectivity index (χ3v) is 5.13. The van der Waals surface area contributed by atoms with Crippen molar-refractivity contribution >= 4 is 17.6 Å². The monoisotopic (exact) mass is 293 g/mol. The van der Waals surface area contributed by atoms with Gasteiger partial charge in [0.25, 0.3) is 0 Å². The Morgan fingerprint density at radius 2 is 2.10 bits per heavy atom. The van der Waals surface area contributed by atoms with E-state index in [0.29, 0.717) is 11.1 Å². The van der Waals surface area contributed by atoms with Crippen LogP contribution in [0, 0.1) is 5.92 Å². The number of carboxylic acids is 1.